The summed E-state index contributed by atoms with van der Waals surface area (Å²) in [6.07, 6.45) is 0.484. The molecule has 0 amide bonds. The smallest absolute Gasteiger partial charge is 0.0589 e. The lowest BCUT2D eigenvalue weighted by atomic mass is 10.1. The zero-order chi connectivity index (χ0) is 14.6. The zero-order valence-electron chi connectivity index (χ0n) is 12.0. The molecule has 4 heteroatoms. The van der Waals surface area contributed by atoms with E-state index in [2.05, 4.69) is 16.7 Å². The molecule has 0 aliphatic heterocycles. The molecule has 0 spiro atoms. The summed E-state index contributed by atoms with van der Waals surface area (Å²) in [5.41, 5.74) is 2.10. The summed E-state index contributed by atoms with van der Waals surface area (Å²) in [6, 6.07) is 7.96. The van der Waals surface area contributed by atoms with Crippen LogP contribution in [0.4, 0.5) is 0 Å². The molecule has 0 saturated carbocycles. The molecular weight excluding hydrogens is 254 g/mol. The number of aliphatic hydroxyl groups excluding tert-OH is 2. The fraction of sp³-hybridized carbons (Fsp3) is 0.500. The molecular formula is C16H23NO3. The topological polar surface area (TPSA) is 52.9 Å². The minimum absolute atomic E-state index is 0.0830. The van der Waals surface area contributed by atoms with Crippen LogP contribution < -0.4 is 0 Å². The molecule has 0 bridgehead atoms. The molecule has 0 aliphatic carbocycles. The second-order valence-corrected chi connectivity index (χ2v) is 4.43. The van der Waals surface area contributed by atoms with Crippen LogP contribution in [0.25, 0.3) is 0 Å². The second-order valence-electron chi connectivity index (χ2n) is 4.43. The molecule has 0 atom stereocenters. The molecule has 0 saturated heterocycles. The van der Waals surface area contributed by atoms with Crippen LogP contribution >= 0.6 is 0 Å². The predicted molar refractivity (Wildman–Crippen MR) is 79.3 cm³/mol. The van der Waals surface area contributed by atoms with Gasteiger partial charge in [0.05, 0.1) is 19.8 Å². The highest BCUT2D eigenvalue weighted by atomic mass is 16.5. The Balaban J connectivity index is 2.76. The highest BCUT2D eigenvalue weighted by Crippen LogP contribution is 2.10. The van der Waals surface area contributed by atoms with Gasteiger partial charge in [0.1, 0.15) is 0 Å². The van der Waals surface area contributed by atoms with E-state index in [1.54, 1.807) is 7.11 Å². The lowest BCUT2D eigenvalue weighted by molar-refractivity contribution is 0.127. The van der Waals surface area contributed by atoms with Gasteiger partial charge in [-0.2, -0.15) is 0 Å². The van der Waals surface area contributed by atoms with Gasteiger partial charge in [0.15, 0.2) is 0 Å². The first-order valence-corrected chi connectivity index (χ1v) is 6.81. The third-order valence-electron chi connectivity index (χ3n) is 2.90. The van der Waals surface area contributed by atoms with Crippen molar-refractivity contribution in [1.82, 2.24) is 4.90 Å². The standard InChI is InChI=1S/C16H23NO3/c1-20-13-10-17(9-12-19)14-16-8-3-2-6-15(16)7-4-5-11-18/h2-3,6,8,18-19H,5,9-14H2,1H3. The predicted octanol–water partition coefficient (Wildman–Crippen LogP) is 0.861. The maximum absolute atomic E-state index is 9.12. The Hall–Kier alpha value is -1.38. The first kappa shape index (κ1) is 16.7. The molecule has 0 aromatic heterocycles. The summed E-state index contributed by atoms with van der Waals surface area (Å²) in [7, 11) is 1.67. The maximum Gasteiger partial charge on any atom is 0.0589 e. The molecule has 0 aliphatic rings. The molecule has 20 heavy (non-hydrogen) atoms. The van der Waals surface area contributed by atoms with E-state index >= 15 is 0 Å². The molecule has 1 rings (SSSR count). The average Bonchev–Trinajstić information content (AvgIpc) is 2.47. The minimum Gasteiger partial charge on any atom is -0.395 e. The summed E-state index contributed by atoms with van der Waals surface area (Å²) in [5.74, 6) is 6.03. The largest absolute Gasteiger partial charge is 0.395 e. The van der Waals surface area contributed by atoms with Crippen LogP contribution in [0.15, 0.2) is 24.3 Å². The van der Waals surface area contributed by atoms with Crippen molar-refractivity contribution in [2.75, 3.05) is 40.0 Å². The summed E-state index contributed by atoms with van der Waals surface area (Å²) in [6.45, 7) is 2.96. The van der Waals surface area contributed by atoms with E-state index in [1.165, 1.54) is 0 Å². The third kappa shape index (κ3) is 6.18. The van der Waals surface area contributed by atoms with Crippen molar-refractivity contribution in [2.24, 2.45) is 0 Å². The number of ether oxygens (including phenoxy) is 1. The summed E-state index contributed by atoms with van der Waals surface area (Å²) < 4.78 is 5.09. The lowest BCUT2D eigenvalue weighted by Gasteiger charge is -2.21. The minimum atomic E-state index is 0.0830. The van der Waals surface area contributed by atoms with Crippen molar-refractivity contribution in [3.8, 4) is 11.8 Å². The number of nitrogens with zero attached hydrogens (tertiary/aromatic N) is 1. The lowest BCUT2D eigenvalue weighted by Crippen LogP contribution is -2.30. The second kappa shape index (κ2) is 10.4. The number of rotatable bonds is 8. The Kier molecular flexibility index (Phi) is 8.68. The summed E-state index contributed by atoms with van der Waals surface area (Å²) in [5, 5.41) is 17.9. The quantitative estimate of drug-likeness (QED) is 0.692. The van der Waals surface area contributed by atoms with Crippen molar-refractivity contribution >= 4 is 0 Å². The van der Waals surface area contributed by atoms with Crippen LogP contribution in [0.5, 0.6) is 0 Å². The highest BCUT2D eigenvalue weighted by molar-refractivity contribution is 5.41. The highest BCUT2D eigenvalue weighted by Gasteiger charge is 2.07. The average molecular weight is 277 g/mol. The Morgan fingerprint density at radius 3 is 2.65 bits per heavy atom. The number of hydrogen-bond donors (Lipinski definition) is 2. The number of benzene rings is 1. The fourth-order valence-corrected chi connectivity index (χ4v) is 1.87. The molecule has 4 nitrogen and oxygen atoms in total. The monoisotopic (exact) mass is 277 g/mol. The fourth-order valence-electron chi connectivity index (χ4n) is 1.87. The van der Waals surface area contributed by atoms with Gasteiger partial charge < -0.3 is 14.9 Å². The molecule has 0 heterocycles. The van der Waals surface area contributed by atoms with E-state index in [9.17, 15) is 0 Å². The Labute approximate surface area is 121 Å². The van der Waals surface area contributed by atoms with E-state index in [0.717, 1.165) is 24.2 Å². The molecule has 1 aromatic carbocycles. The van der Waals surface area contributed by atoms with Crippen LogP contribution in [-0.4, -0.2) is 55.1 Å². The van der Waals surface area contributed by atoms with Crippen LogP contribution in [0.2, 0.25) is 0 Å². The molecule has 110 valence electrons. The van der Waals surface area contributed by atoms with E-state index in [1.807, 2.05) is 24.3 Å². The van der Waals surface area contributed by atoms with Crippen LogP contribution in [0.3, 0.4) is 0 Å². The molecule has 0 unspecified atom stereocenters. The first-order chi connectivity index (χ1) is 9.81. The normalized spacial score (nSPS) is 10.4. The van der Waals surface area contributed by atoms with Gasteiger partial charge in [-0.15, -0.1) is 0 Å². The van der Waals surface area contributed by atoms with Gasteiger partial charge in [0.2, 0.25) is 0 Å². The molecule has 0 radical (unpaired) electrons. The Morgan fingerprint density at radius 1 is 1.15 bits per heavy atom. The molecule has 2 N–H and O–H groups in total. The van der Waals surface area contributed by atoms with E-state index in [0.29, 0.717) is 19.6 Å². The summed E-state index contributed by atoms with van der Waals surface area (Å²) in [4.78, 5) is 2.13. The van der Waals surface area contributed by atoms with Gasteiger partial charge in [-0.1, -0.05) is 30.0 Å². The van der Waals surface area contributed by atoms with Crippen molar-refractivity contribution in [1.29, 1.82) is 0 Å². The van der Waals surface area contributed by atoms with Gasteiger partial charge in [-0.3, -0.25) is 4.90 Å². The number of aliphatic hydroxyl groups is 2. The third-order valence-corrected chi connectivity index (χ3v) is 2.90. The van der Waals surface area contributed by atoms with Crippen molar-refractivity contribution in [3.63, 3.8) is 0 Å². The Bertz CT molecular complexity index is 437. The van der Waals surface area contributed by atoms with Crippen LogP contribution in [-0.2, 0) is 11.3 Å². The van der Waals surface area contributed by atoms with Crippen LogP contribution in [0, 0.1) is 11.8 Å². The van der Waals surface area contributed by atoms with Crippen molar-refractivity contribution in [2.45, 2.75) is 13.0 Å². The maximum atomic E-state index is 9.12. The van der Waals surface area contributed by atoms with Crippen molar-refractivity contribution < 1.29 is 14.9 Å². The van der Waals surface area contributed by atoms with Gasteiger partial charge in [0.25, 0.3) is 0 Å². The van der Waals surface area contributed by atoms with Gasteiger partial charge >= 0.3 is 0 Å². The van der Waals surface area contributed by atoms with Crippen LogP contribution in [0.1, 0.15) is 17.5 Å². The van der Waals surface area contributed by atoms with Gasteiger partial charge in [-0.05, 0) is 11.6 Å². The van der Waals surface area contributed by atoms with Gasteiger partial charge in [0, 0.05) is 38.7 Å². The Morgan fingerprint density at radius 2 is 1.95 bits per heavy atom. The molecule has 1 aromatic rings. The zero-order valence-corrected chi connectivity index (χ0v) is 12.0. The van der Waals surface area contributed by atoms with E-state index in [4.69, 9.17) is 14.9 Å². The van der Waals surface area contributed by atoms with Crippen molar-refractivity contribution in [3.05, 3.63) is 35.4 Å². The first-order valence-electron chi connectivity index (χ1n) is 6.81. The van der Waals surface area contributed by atoms with Gasteiger partial charge in [-0.25, -0.2) is 0 Å². The van der Waals surface area contributed by atoms with E-state index in [-0.39, 0.29) is 13.2 Å². The van der Waals surface area contributed by atoms with E-state index < -0.39 is 0 Å². The molecule has 0 fully saturated rings. The number of hydrogen-bond acceptors (Lipinski definition) is 4. The number of methoxy groups -OCH3 is 1. The SMILES string of the molecule is COCCN(CCO)Cc1ccccc1C#CCCO. The summed E-state index contributed by atoms with van der Waals surface area (Å²) >= 11 is 0.